The minimum absolute atomic E-state index is 0.0364. The Labute approximate surface area is 171 Å². The van der Waals surface area contributed by atoms with E-state index in [0.29, 0.717) is 70.9 Å². The van der Waals surface area contributed by atoms with E-state index in [4.69, 9.17) is 14.2 Å². The van der Waals surface area contributed by atoms with Crippen LogP contribution in [0.4, 0.5) is 0 Å². The van der Waals surface area contributed by atoms with Gasteiger partial charge in [0, 0.05) is 25.9 Å². The lowest BCUT2D eigenvalue weighted by Gasteiger charge is -2.10. The van der Waals surface area contributed by atoms with Crippen LogP contribution in [0.25, 0.3) is 0 Å². The van der Waals surface area contributed by atoms with Crippen LogP contribution < -0.4 is 10.6 Å². The molecule has 0 aliphatic heterocycles. The number of rotatable bonds is 19. The van der Waals surface area contributed by atoms with Crippen LogP contribution in [-0.2, 0) is 23.8 Å². The average molecular weight is 403 g/mol. The summed E-state index contributed by atoms with van der Waals surface area (Å²) < 4.78 is 16.2. The first-order chi connectivity index (χ1) is 13.5. The normalized spacial score (nSPS) is 12.2. The molecule has 0 rings (SSSR count). The lowest BCUT2D eigenvalue weighted by molar-refractivity contribution is -0.123. The summed E-state index contributed by atoms with van der Waals surface area (Å²) >= 11 is 0. The van der Waals surface area contributed by atoms with E-state index in [9.17, 15) is 9.59 Å². The molecule has 2 amide bonds. The summed E-state index contributed by atoms with van der Waals surface area (Å²) in [6.45, 7) is 12.6. The lowest BCUT2D eigenvalue weighted by atomic mass is 10.1. The topological polar surface area (TPSA) is 85.9 Å². The molecular formula is C21H42N2O5. The maximum absolute atomic E-state index is 11.6. The zero-order chi connectivity index (χ0) is 21.0. The molecule has 0 aliphatic rings. The molecule has 28 heavy (non-hydrogen) atoms. The fourth-order valence-electron chi connectivity index (χ4n) is 2.33. The molecule has 1 unspecified atom stereocenters. The summed E-state index contributed by atoms with van der Waals surface area (Å²) in [5.41, 5.74) is 0. The van der Waals surface area contributed by atoms with Crippen molar-refractivity contribution in [1.29, 1.82) is 0 Å². The predicted molar refractivity (Wildman–Crippen MR) is 111 cm³/mol. The summed E-state index contributed by atoms with van der Waals surface area (Å²) in [5, 5.41) is 5.75. The van der Waals surface area contributed by atoms with E-state index in [-0.39, 0.29) is 11.8 Å². The third-order valence-electron chi connectivity index (χ3n) is 4.30. The van der Waals surface area contributed by atoms with E-state index < -0.39 is 0 Å². The number of nitrogens with one attached hydrogen (secondary N) is 2. The number of carbonyl (C=O) groups is 2. The molecule has 0 aromatic carbocycles. The summed E-state index contributed by atoms with van der Waals surface area (Å²) in [7, 11) is 0. The van der Waals surface area contributed by atoms with E-state index >= 15 is 0 Å². The van der Waals surface area contributed by atoms with Gasteiger partial charge < -0.3 is 24.8 Å². The number of hydrogen-bond acceptors (Lipinski definition) is 5. The van der Waals surface area contributed by atoms with Gasteiger partial charge in [0.1, 0.15) is 0 Å². The largest absolute Gasteiger partial charge is 0.379 e. The molecule has 7 heteroatoms. The molecule has 0 bridgehead atoms. The van der Waals surface area contributed by atoms with Gasteiger partial charge in [-0.15, -0.1) is 0 Å². The fourth-order valence-corrected chi connectivity index (χ4v) is 2.33. The van der Waals surface area contributed by atoms with Crippen molar-refractivity contribution in [3.05, 3.63) is 0 Å². The van der Waals surface area contributed by atoms with Crippen molar-refractivity contribution in [2.75, 3.05) is 52.7 Å². The SMILES string of the molecule is CCC(C)CC(=O)NCCOCCOCCOCCC(=O)NCCCC(C)C. The summed E-state index contributed by atoms with van der Waals surface area (Å²) in [4.78, 5) is 23.2. The van der Waals surface area contributed by atoms with Crippen LogP contribution in [0.15, 0.2) is 0 Å². The smallest absolute Gasteiger partial charge is 0.222 e. The van der Waals surface area contributed by atoms with Gasteiger partial charge in [-0.25, -0.2) is 0 Å². The highest BCUT2D eigenvalue weighted by Crippen LogP contribution is 2.05. The molecule has 2 N–H and O–H groups in total. The first kappa shape index (κ1) is 26.8. The Bertz CT molecular complexity index is 391. The van der Waals surface area contributed by atoms with Crippen LogP contribution in [0, 0.1) is 11.8 Å². The van der Waals surface area contributed by atoms with Gasteiger partial charge in [-0.1, -0.05) is 34.1 Å². The maximum atomic E-state index is 11.6. The second kappa shape index (κ2) is 19.2. The molecule has 0 radical (unpaired) electrons. The minimum atomic E-state index is 0.0364. The van der Waals surface area contributed by atoms with E-state index in [2.05, 4.69) is 38.3 Å². The zero-order valence-corrected chi connectivity index (χ0v) is 18.4. The Kier molecular flexibility index (Phi) is 18.3. The van der Waals surface area contributed by atoms with Gasteiger partial charge in [0.05, 0.1) is 39.6 Å². The second-order valence-corrected chi connectivity index (χ2v) is 7.54. The molecule has 0 aromatic heterocycles. The summed E-state index contributed by atoms with van der Waals surface area (Å²) in [5.74, 6) is 1.21. The molecule has 1 atom stereocenters. The van der Waals surface area contributed by atoms with Crippen molar-refractivity contribution in [2.45, 2.75) is 59.8 Å². The van der Waals surface area contributed by atoms with Crippen molar-refractivity contribution < 1.29 is 23.8 Å². The zero-order valence-electron chi connectivity index (χ0n) is 18.4. The standard InChI is InChI=1S/C21H42N2O5/c1-5-19(4)17-21(25)23-10-12-27-14-16-28-15-13-26-11-8-20(24)22-9-6-7-18(2)3/h18-19H,5-17H2,1-4H3,(H,22,24)(H,23,25). The maximum Gasteiger partial charge on any atom is 0.222 e. The molecule has 7 nitrogen and oxygen atoms in total. The van der Waals surface area contributed by atoms with E-state index in [0.717, 1.165) is 25.8 Å². The van der Waals surface area contributed by atoms with Crippen LogP contribution in [0.5, 0.6) is 0 Å². The lowest BCUT2D eigenvalue weighted by Crippen LogP contribution is -2.28. The van der Waals surface area contributed by atoms with Crippen LogP contribution in [-0.4, -0.2) is 64.5 Å². The minimum Gasteiger partial charge on any atom is -0.379 e. The molecule has 0 saturated heterocycles. The average Bonchev–Trinajstić information content (AvgIpc) is 2.65. The number of hydrogen-bond donors (Lipinski definition) is 2. The number of amides is 2. The monoisotopic (exact) mass is 402 g/mol. The van der Waals surface area contributed by atoms with Crippen molar-refractivity contribution in [1.82, 2.24) is 10.6 Å². The molecule has 0 aromatic rings. The Morgan fingerprint density at radius 3 is 1.96 bits per heavy atom. The van der Waals surface area contributed by atoms with Crippen LogP contribution >= 0.6 is 0 Å². The number of carbonyl (C=O) groups excluding carboxylic acids is 2. The van der Waals surface area contributed by atoms with Crippen molar-refractivity contribution in [2.24, 2.45) is 11.8 Å². The quantitative estimate of drug-likeness (QED) is 0.324. The Morgan fingerprint density at radius 2 is 1.36 bits per heavy atom. The molecule has 0 heterocycles. The summed E-state index contributed by atoms with van der Waals surface area (Å²) in [6.07, 6.45) is 4.11. The van der Waals surface area contributed by atoms with Crippen molar-refractivity contribution in [3.63, 3.8) is 0 Å². The molecule has 0 aliphatic carbocycles. The van der Waals surface area contributed by atoms with Gasteiger partial charge >= 0.3 is 0 Å². The highest BCUT2D eigenvalue weighted by molar-refractivity contribution is 5.76. The third kappa shape index (κ3) is 19.6. The predicted octanol–water partition coefficient (Wildman–Crippen LogP) is 2.53. The van der Waals surface area contributed by atoms with Gasteiger partial charge in [-0.3, -0.25) is 9.59 Å². The molecule has 166 valence electrons. The van der Waals surface area contributed by atoms with E-state index in [1.54, 1.807) is 0 Å². The van der Waals surface area contributed by atoms with Crippen LogP contribution in [0.2, 0.25) is 0 Å². The van der Waals surface area contributed by atoms with E-state index in [1.807, 2.05) is 0 Å². The van der Waals surface area contributed by atoms with Crippen LogP contribution in [0.1, 0.15) is 59.8 Å². The molecule has 0 saturated carbocycles. The van der Waals surface area contributed by atoms with Crippen molar-refractivity contribution in [3.8, 4) is 0 Å². The highest BCUT2D eigenvalue weighted by atomic mass is 16.5. The summed E-state index contributed by atoms with van der Waals surface area (Å²) in [6, 6.07) is 0. The van der Waals surface area contributed by atoms with Crippen molar-refractivity contribution >= 4 is 11.8 Å². The third-order valence-corrected chi connectivity index (χ3v) is 4.30. The molecule has 0 spiro atoms. The van der Waals surface area contributed by atoms with Crippen LogP contribution in [0.3, 0.4) is 0 Å². The van der Waals surface area contributed by atoms with Gasteiger partial charge in [-0.2, -0.15) is 0 Å². The Balaban J connectivity index is 3.25. The van der Waals surface area contributed by atoms with Gasteiger partial charge in [0.15, 0.2) is 0 Å². The Hall–Kier alpha value is -1.18. The fraction of sp³-hybridized carbons (Fsp3) is 0.905. The van der Waals surface area contributed by atoms with E-state index in [1.165, 1.54) is 0 Å². The molecule has 0 fully saturated rings. The molecular weight excluding hydrogens is 360 g/mol. The Morgan fingerprint density at radius 1 is 0.786 bits per heavy atom. The first-order valence-corrected chi connectivity index (χ1v) is 10.7. The van der Waals surface area contributed by atoms with Gasteiger partial charge in [0.25, 0.3) is 0 Å². The van der Waals surface area contributed by atoms with Gasteiger partial charge in [-0.05, 0) is 24.7 Å². The highest BCUT2D eigenvalue weighted by Gasteiger charge is 2.06. The number of ether oxygens (including phenoxy) is 3. The van der Waals surface area contributed by atoms with Gasteiger partial charge in [0.2, 0.25) is 11.8 Å². The first-order valence-electron chi connectivity index (χ1n) is 10.7. The second-order valence-electron chi connectivity index (χ2n) is 7.54.